The van der Waals surface area contributed by atoms with Crippen LogP contribution < -0.4 is 21.3 Å². The van der Waals surface area contributed by atoms with Gasteiger partial charge in [-0.15, -0.1) is 21.8 Å². The highest BCUT2D eigenvalue weighted by Crippen LogP contribution is 2.49. The third-order valence-electron chi connectivity index (χ3n) is 12.6. The van der Waals surface area contributed by atoms with Crippen molar-refractivity contribution in [2.45, 2.75) is 92.3 Å². The van der Waals surface area contributed by atoms with Crippen molar-refractivity contribution in [2.24, 2.45) is 10.8 Å². The molecule has 6 N–H and O–H groups in total. The quantitative estimate of drug-likeness (QED) is 0.0108. The lowest BCUT2D eigenvalue weighted by molar-refractivity contribution is 0.0633. The number of pyridine rings is 2. The van der Waals surface area contributed by atoms with Crippen molar-refractivity contribution in [3.05, 3.63) is 142 Å². The molecule has 0 saturated heterocycles. The number of hydrogen-bond donors (Lipinski definition) is 6. The van der Waals surface area contributed by atoms with Crippen molar-refractivity contribution >= 4 is 151 Å². The van der Waals surface area contributed by atoms with Gasteiger partial charge in [-0.3, -0.25) is 28.7 Å². The van der Waals surface area contributed by atoms with E-state index in [1.807, 2.05) is 0 Å². The summed E-state index contributed by atoms with van der Waals surface area (Å²) in [6.45, 7) is 14.1. The number of likely N-dealkylation sites (N-methyl/N-ethyl adjacent to an activating group) is 2. The lowest BCUT2D eigenvalue weighted by Crippen LogP contribution is -2.48. The molecular formula is C59H80Cl2F4IN9O14P2S2Si. The van der Waals surface area contributed by atoms with Gasteiger partial charge in [0, 0.05) is 71.5 Å². The number of benzene rings is 4. The normalized spacial score (nSPS) is 12.0. The van der Waals surface area contributed by atoms with Crippen LogP contribution in [0.4, 0.5) is 48.4 Å². The van der Waals surface area contributed by atoms with E-state index in [1.165, 1.54) is 118 Å². The van der Waals surface area contributed by atoms with Crippen molar-refractivity contribution < 1.29 is 83.2 Å². The number of amides is 6. The monoisotopic (exact) mass is 1570 g/mol. The zero-order valence-electron chi connectivity index (χ0n) is 53.6. The first-order valence-corrected chi connectivity index (χ1v) is 38.1. The van der Waals surface area contributed by atoms with E-state index in [-0.39, 0.29) is 101 Å². The minimum absolute atomic E-state index is 0. The number of phosphoric ester groups is 2. The molecule has 0 unspecified atom stereocenters. The number of halogens is 7. The van der Waals surface area contributed by atoms with Crippen molar-refractivity contribution in [1.82, 2.24) is 30.4 Å². The number of anilines is 2. The molecule has 94 heavy (non-hydrogen) atoms. The molecule has 6 aromatic rings. The molecule has 0 fully saturated rings. The van der Waals surface area contributed by atoms with E-state index >= 15 is 0 Å². The predicted molar refractivity (Wildman–Crippen MR) is 376 cm³/mol. The number of carbonyl (C=O) groups excluding carboxylic acids is 4. The van der Waals surface area contributed by atoms with Gasteiger partial charge in [0.1, 0.15) is 53.7 Å². The molecule has 4 aromatic carbocycles. The van der Waals surface area contributed by atoms with Gasteiger partial charge in [-0.1, -0.05) is 94.8 Å². The first-order chi connectivity index (χ1) is 42.8. The van der Waals surface area contributed by atoms with E-state index in [0.717, 1.165) is 0 Å². The molecule has 2 heterocycles. The first-order valence-electron chi connectivity index (χ1n) is 27.7. The van der Waals surface area contributed by atoms with Crippen LogP contribution in [0.2, 0.25) is 29.7 Å². The summed E-state index contributed by atoms with van der Waals surface area (Å²) in [4.78, 5) is 80.3. The second-order valence-corrected chi connectivity index (χ2v) is 40.4. The molecule has 2 atom stereocenters. The van der Waals surface area contributed by atoms with Gasteiger partial charge < -0.3 is 39.7 Å². The Hall–Kier alpha value is -5.56. The Morgan fingerprint density at radius 3 is 1.35 bits per heavy atom. The van der Waals surface area contributed by atoms with E-state index < -0.39 is 91.6 Å². The molecule has 6 rings (SSSR count). The summed E-state index contributed by atoms with van der Waals surface area (Å²) in [7, 11) is -3.20. The fourth-order valence-electron chi connectivity index (χ4n) is 7.98. The number of carbonyl (C=O) groups is 4. The van der Waals surface area contributed by atoms with E-state index in [0.29, 0.717) is 32.7 Å². The molecule has 520 valence electrons. The fourth-order valence-corrected chi connectivity index (χ4v) is 9.75. The van der Waals surface area contributed by atoms with Crippen LogP contribution in [0.5, 0.6) is 0 Å². The fraction of sp³-hybridized carbons (Fsp3) is 0.407. The molecule has 0 aliphatic carbocycles. The van der Waals surface area contributed by atoms with Crippen molar-refractivity contribution in [2.75, 3.05) is 65.4 Å². The van der Waals surface area contributed by atoms with Gasteiger partial charge >= 0.3 is 39.9 Å². The van der Waals surface area contributed by atoms with Crippen LogP contribution in [-0.2, 0) is 49.8 Å². The maximum atomic E-state index is 13.8. The highest BCUT2D eigenvalue weighted by molar-refractivity contribution is 14.1. The minimum atomic E-state index is -4.75. The maximum Gasteiger partial charge on any atom is 0.474 e. The second-order valence-electron chi connectivity index (χ2n) is 22.7. The van der Waals surface area contributed by atoms with Crippen LogP contribution >= 0.6 is 87.6 Å². The van der Waals surface area contributed by atoms with Gasteiger partial charge in [0.25, 0.3) is 0 Å². The molecule has 6 amide bonds. The number of nitrogens with one attached hydrogen (secondary N) is 4. The summed E-state index contributed by atoms with van der Waals surface area (Å²) >= 11 is 14.5. The Balaban J connectivity index is 0.000000827. The maximum absolute atomic E-state index is 13.8. The number of phosphoric acid groups is 2. The molecule has 0 aliphatic heterocycles. The Labute approximate surface area is 582 Å². The lowest BCUT2D eigenvalue weighted by atomic mass is 9.86. The first kappa shape index (κ1) is 86.4. The largest absolute Gasteiger partial charge is 0.474 e. The van der Waals surface area contributed by atoms with E-state index in [2.05, 4.69) is 77.2 Å². The Morgan fingerprint density at radius 1 is 0.660 bits per heavy atom. The molecule has 0 bridgehead atoms. The molecule has 0 radical (unpaired) electrons. The number of rotatable bonds is 24. The van der Waals surface area contributed by atoms with Crippen LogP contribution in [0, 0.1) is 45.4 Å². The molecular weight excluding hydrogens is 1490 g/mol. The van der Waals surface area contributed by atoms with E-state index in [4.69, 9.17) is 61.3 Å². The summed E-state index contributed by atoms with van der Waals surface area (Å²) in [5.41, 5.74) is -1.52. The zero-order valence-corrected chi connectivity index (χ0v) is 62.1. The number of nitriles is 1. The molecule has 2 aromatic heterocycles. The van der Waals surface area contributed by atoms with Gasteiger partial charge in [-0.05, 0) is 106 Å². The lowest BCUT2D eigenvalue weighted by Gasteiger charge is -2.35. The zero-order chi connectivity index (χ0) is 69.4. The highest BCUT2D eigenvalue weighted by Gasteiger charge is 2.35. The third kappa shape index (κ3) is 32.0. The SMILES string of the molecule is CC#N.CN(C(=O)NCc1cccc(F)c1Cl)[C@H](COC(=O)Nc1cc2cc(F)ccc2cn1)CC(C)(C)COP(=O)(O)O.COP(=O)(OC)OCC(C)(C)C[C@@H](COC(=O)Nc1cc2cc(F)ccc2cn1)N(C)C(=O)NCc1cccc(F)c1Cl.C[Si](C)(C)I.S.S. The summed E-state index contributed by atoms with van der Waals surface area (Å²) < 4.78 is 109. The second kappa shape index (κ2) is 40.2. The molecule has 0 saturated carbocycles. The number of hydrogen-bond acceptors (Lipinski definition) is 15. The topological polar surface area (TPSA) is 302 Å². The van der Waals surface area contributed by atoms with Crippen molar-refractivity contribution in [3.63, 3.8) is 0 Å². The predicted octanol–water partition coefficient (Wildman–Crippen LogP) is 15.2. The summed E-state index contributed by atoms with van der Waals surface area (Å²) in [6.07, 6.45) is 1.50. The van der Waals surface area contributed by atoms with Gasteiger partial charge in [0.05, 0.1) is 41.4 Å². The van der Waals surface area contributed by atoms with Crippen LogP contribution in [-0.4, -0.2) is 126 Å². The standard InChI is InChI=1S/C28H34ClF2N4O7P.C26H30ClF2N4O7P.C3H9ISi.C2H3N.2H2S/c1-28(2,17-42-43(38,39-4)40-5)13-22(35(3)26(36)33-15-19-7-6-8-23(31)25(19)29)16-41-27(37)34-24-12-20-11-21(30)10-9-18(20)14-32-24;1-26(2,15-40-41(36,37)38)11-20(33(3)24(34)31-13-17-5-4-6-21(29)23(17)27)14-39-25(35)32-22-10-18-9-19(28)8-7-16(18)12-30-22;1-5(2,3)4;1-2-3;;/h6-12,14,22H,13,15-17H2,1-5H3,(H,33,36)(H,32,34,37);4-10,12,20H,11,13-15H2,1-3H3,(H,31,34)(H,30,32,35)(H2,36,37,38);1-3H3;1H3;2*1H2/t22-;20-;;;;/m00..../s1. The molecule has 0 aliphatic rings. The summed E-state index contributed by atoms with van der Waals surface area (Å²) in [5.74, 6) is -1.89. The average Bonchev–Trinajstić information content (AvgIpc) is 1.09. The minimum Gasteiger partial charge on any atom is -0.447 e. The van der Waals surface area contributed by atoms with E-state index in [1.54, 1.807) is 58.0 Å². The van der Waals surface area contributed by atoms with Gasteiger partial charge in [0.15, 0.2) is 0 Å². The van der Waals surface area contributed by atoms with Crippen LogP contribution in [0.25, 0.3) is 21.5 Å². The van der Waals surface area contributed by atoms with Crippen molar-refractivity contribution in [1.29, 1.82) is 5.26 Å². The van der Waals surface area contributed by atoms with Crippen molar-refractivity contribution in [3.8, 4) is 6.07 Å². The number of urea groups is 2. The number of nitrogens with zero attached hydrogens (tertiary/aromatic N) is 5. The number of aromatic nitrogens is 2. The Kier molecular flexibility index (Phi) is 37.0. The smallest absolute Gasteiger partial charge is 0.447 e. The average molecular weight is 1570 g/mol. The number of ether oxygens (including phenoxy) is 2. The van der Waals surface area contributed by atoms with Gasteiger partial charge in [-0.2, -0.15) is 32.3 Å². The van der Waals surface area contributed by atoms with Crippen LogP contribution in [0.15, 0.2) is 97.3 Å². The van der Waals surface area contributed by atoms with Crippen LogP contribution in [0.3, 0.4) is 0 Å². The number of fused-ring (bicyclic) bond motifs is 2. The molecule has 35 heteroatoms. The van der Waals surface area contributed by atoms with Gasteiger partial charge in [-0.25, -0.2) is 55.8 Å². The Bertz CT molecular complexity index is 3620. The van der Waals surface area contributed by atoms with Crippen LogP contribution in [0.1, 0.15) is 58.6 Å². The summed E-state index contributed by atoms with van der Waals surface area (Å²) in [5, 5.41) is 19.7. The summed E-state index contributed by atoms with van der Waals surface area (Å²) in [6, 6.07) is 18.8. The highest BCUT2D eigenvalue weighted by atomic mass is 127. The molecule has 23 nitrogen and oxygen atoms in total. The third-order valence-corrected chi connectivity index (χ3v) is 15.2. The molecule has 0 spiro atoms. The van der Waals surface area contributed by atoms with Gasteiger partial charge in [0.2, 0.25) is 0 Å². The Morgan fingerprint density at radius 2 is 1.01 bits per heavy atom. The van der Waals surface area contributed by atoms with E-state index in [9.17, 15) is 45.9 Å².